The monoisotopic (exact) mass is 272 g/mol. The highest BCUT2D eigenvalue weighted by Gasteiger charge is 2.24. The number of piperidine rings is 1. The fourth-order valence-corrected chi connectivity index (χ4v) is 3.32. The van der Waals surface area contributed by atoms with Crippen LogP contribution in [0.25, 0.3) is 0 Å². The summed E-state index contributed by atoms with van der Waals surface area (Å²) < 4.78 is 0. The van der Waals surface area contributed by atoms with Crippen LogP contribution in [-0.2, 0) is 6.54 Å². The van der Waals surface area contributed by atoms with Crippen molar-refractivity contribution >= 4 is 5.69 Å². The van der Waals surface area contributed by atoms with Crippen molar-refractivity contribution in [2.75, 3.05) is 11.4 Å². The van der Waals surface area contributed by atoms with Gasteiger partial charge in [-0.1, -0.05) is 19.1 Å². The largest absolute Gasteiger partial charge is 0.368 e. The van der Waals surface area contributed by atoms with Gasteiger partial charge in [0.25, 0.3) is 0 Å². The van der Waals surface area contributed by atoms with Crippen molar-refractivity contribution in [1.29, 1.82) is 0 Å². The van der Waals surface area contributed by atoms with Crippen molar-refractivity contribution in [3.05, 3.63) is 29.3 Å². The van der Waals surface area contributed by atoms with E-state index in [0.29, 0.717) is 6.04 Å². The molecule has 1 heterocycles. The number of rotatable bonds is 4. The predicted molar refractivity (Wildman–Crippen MR) is 86.2 cm³/mol. The molecule has 0 aromatic heterocycles. The Morgan fingerprint density at radius 3 is 2.65 bits per heavy atom. The molecule has 2 fully saturated rings. The van der Waals surface area contributed by atoms with Crippen molar-refractivity contribution < 1.29 is 0 Å². The molecule has 0 radical (unpaired) electrons. The van der Waals surface area contributed by atoms with E-state index in [9.17, 15) is 0 Å². The summed E-state index contributed by atoms with van der Waals surface area (Å²) in [4.78, 5) is 2.61. The maximum atomic E-state index is 3.60. The first-order valence-corrected chi connectivity index (χ1v) is 8.23. The lowest BCUT2D eigenvalue weighted by atomic mass is 9.93. The summed E-state index contributed by atoms with van der Waals surface area (Å²) in [5.74, 6) is 0.821. The zero-order chi connectivity index (χ0) is 14.1. The molecule has 2 unspecified atom stereocenters. The lowest BCUT2D eigenvalue weighted by Crippen LogP contribution is -2.41. The van der Waals surface area contributed by atoms with Gasteiger partial charge in [0.1, 0.15) is 0 Å². The third-order valence-corrected chi connectivity index (χ3v) is 4.86. The second-order valence-electron chi connectivity index (χ2n) is 6.96. The van der Waals surface area contributed by atoms with Crippen LogP contribution in [0.15, 0.2) is 18.2 Å². The van der Waals surface area contributed by atoms with Gasteiger partial charge >= 0.3 is 0 Å². The number of hydrogen-bond donors (Lipinski definition) is 1. The van der Waals surface area contributed by atoms with Gasteiger partial charge in [-0.25, -0.2) is 0 Å². The van der Waals surface area contributed by atoms with Crippen LogP contribution in [0.3, 0.4) is 0 Å². The van der Waals surface area contributed by atoms with Crippen LogP contribution in [0.5, 0.6) is 0 Å². The first kappa shape index (κ1) is 13.9. The van der Waals surface area contributed by atoms with Crippen LogP contribution in [-0.4, -0.2) is 18.6 Å². The normalized spacial score (nSPS) is 26.9. The van der Waals surface area contributed by atoms with Crippen LogP contribution in [0.4, 0.5) is 5.69 Å². The summed E-state index contributed by atoms with van der Waals surface area (Å²) in [7, 11) is 0. The van der Waals surface area contributed by atoms with Gasteiger partial charge in [0.05, 0.1) is 0 Å². The fraction of sp³-hybridized carbons (Fsp3) is 0.667. The van der Waals surface area contributed by atoms with Gasteiger partial charge in [0.15, 0.2) is 0 Å². The maximum Gasteiger partial charge on any atom is 0.0398 e. The molecule has 1 aromatic rings. The molecule has 1 aliphatic carbocycles. The number of nitrogens with zero attached hydrogens (tertiary/aromatic N) is 1. The number of hydrogen-bond acceptors (Lipinski definition) is 2. The molecule has 110 valence electrons. The molecule has 2 heteroatoms. The van der Waals surface area contributed by atoms with Crippen LogP contribution in [0, 0.1) is 12.8 Å². The Morgan fingerprint density at radius 1 is 1.15 bits per heavy atom. The minimum Gasteiger partial charge on any atom is -0.368 e. The van der Waals surface area contributed by atoms with Gasteiger partial charge in [-0.3, -0.25) is 0 Å². The predicted octanol–water partition coefficient (Wildman–Crippen LogP) is 3.87. The second kappa shape index (κ2) is 5.77. The summed E-state index contributed by atoms with van der Waals surface area (Å²) in [5, 5.41) is 3.60. The summed E-state index contributed by atoms with van der Waals surface area (Å²) in [6, 6.07) is 8.49. The summed E-state index contributed by atoms with van der Waals surface area (Å²) in [6.45, 7) is 9.25. The molecule has 0 bridgehead atoms. The van der Waals surface area contributed by atoms with Gasteiger partial charge in [-0.2, -0.15) is 0 Å². The standard InChI is InChI=1S/C18H28N2/c1-13-4-5-15(3)20(12-13)18-9-6-16(10-14(18)2)11-19-17-7-8-17/h6,9-10,13,15,17,19H,4-5,7-8,11-12H2,1-3H3. The smallest absolute Gasteiger partial charge is 0.0398 e. The van der Waals surface area contributed by atoms with Crippen LogP contribution >= 0.6 is 0 Å². The van der Waals surface area contributed by atoms with Gasteiger partial charge in [0, 0.05) is 30.9 Å². The Hall–Kier alpha value is -1.02. The number of aryl methyl sites for hydroxylation is 1. The highest BCUT2D eigenvalue weighted by molar-refractivity contribution is 5.55. The van der Waals surface area contributed by atoms with Crippen molar-refractivity contribution in [2.24, 2.45) is 5.92 Å². The van der Waals surface area contributed by atoms with Gasteiger partial charge in [-0.05, 0) is 62.6 Å². The van der Waals surface area contributed by atoms with E-state index in [4.69, 9.17) is 0 Å². The van der Waals surface area contributed by atoms with E-state index >= 15 is 0 Å². The van der Waals surface area contributed by atoms with E-state index < -0.39 is 0 Å². The van der Waals surface area contributed by atoms with Crippen molar-refractivity contribution in [3.63, 3.8) is 0 Å². The molecule has 1 N–H and O–H groups in total. The van der Waals surface area contributed by atoms with E-state index in [1.54, 1.807) is 0 Å². The SMILES string of the molecule is Cc1cc(CNC2CC2)ccc1N1CC(C)CCC1C. The van der Waals surface area contributed by atoms with Crippen molar-refractivity contribution in [1.82, 2.24) is 5.32 Å². The minimum atomic E-state index is 0.681. The van der Waals surface area contributed by atoms with E-state index in [-0.39, 0.29) is 0 Å². The third-order valence-electron chi connectivity index (χ3n) is 4.86. The fourth-order valence-electron chi connectivity index (χ4n) is 3.32. The lowest BCUT2D eigenvalue weighted by molar-refractivity contribution is 0.390. The average molecular weight is 272 g/mol. The quantitative estimate of drug-likeness (QED) is 0.895. The molecule has 1 aromatic carbocycles. The molecule has 2 atom stereocenters. The molecule has 2 aliphatic rings. The molecule has 0 amide bonds. The Kier molecular flexibility index (Phi) is 4.02. The molecule has 1 saturated heterocycles. The zero-order valence-corrected chi connectivity index (χ0v) is 13.2. The van der Waals surface area contributed by atoms with Crippen molar-refractivity contribution in [2.45, 2.75) is 65.1 Å². The highest BCUT2D eigenvalue weighted by Crippen LogP contribution is 2.30. The second-order valence-corrected chi connectivity index (χ2v) is 6.96. The Labute approximate surface area is 123 Å². The summed E-state index contributed by atoms with van der Waals surface area (Å²) in [6.07, 6.45) is 5.42. The van der Waals surface area contributed by atoms with Crippen LogP contribution < -0.4 is 10.2 Å². The number of benzene rings is 1. The zero-order valence-electron chi connectivity index (χ0n) is 13.2. The lowest BCUT2D eigenvalue weighted by Gasteiger charge is -2.39. The van der Waals surface area contributed by atoms with E-state index in [2.05, 4.69) is 49.2 Å². The maximum absolute atomic E-state index is 3.60. The van der Waals surface area contributed by atoms with Crippen LogP contribution in [0.2, 0.25) is 0 Å². The average Bonchev–Trinajstić information content (AvgIpc) is 3.24. The van der Waals surface area contributed by atoms with Gasteiger partial charge in [0.2, 0.25) is 0 Å². The first-order chi connectivity index (χ1) is 9.63. The van der Waals surface area contributed by atoms with E-state index in [0.717, 1.165) is 18.5 Å². The molecule has 2 nitrogen and oxygen atoms in total. The third kappa shape index (κ3) is 3.17. The number of anilines is 1. The summed E-state index contributed by atoms with van der Waals surface area (Å²) in [5.41, 5.74) is 4.30. The van der Waals surface area contributed by atoms with Gasteiger partial charge < -0.3 is 10.2 Å². The van der Waals surface area contributed by atoms with E-state index in [1.807, 2.05) is 0 Å². The Balaban J connectivity index is 1.71. The van der Waals surface area contributed by atoms with E-state index in [1.165, 1.54) is 49.0 Å². The summed E-state index contributed by atoms with van der Waals surface area (Å²) >= 11 is 0. The topological polar surface area (TPSA) is 15.3 Å². The number of nitrogens with one attached hydrogen (secondary N) is 1. The van der Waals surface area contributed by atoms with Gasteiger partial charge in [-0.15, -0.1) is 0 Å². The molecular weight excluding hydrogens is 244 g/mol. The van der Waals surface area contributed by atoms with Crippen LogP contribution in [0.1, 0.15) is 50.7 Å². The molecule has 1 aliphatic heterocycles. The minimum absolute atomic E-state index is 0.681. The Bertz CT molecular complexity index is 464. The first-order valence-electron chi connectivity index (χ1n) is 8.23. The highest BCUT2D eigenvalue weighted by atomic mass is 15.2. The molecule has 20 heavy (non-hydrogen) atoms. The Morgan fingerprint density at radius 2 is 1.95 bits per heavy atom. The van der Waals surface area contributed by atoms with Crippen molar-refractivity contribution in [3.8, 4) is 0 Å². The molecular formula is C18H28N2. The molecule has 3 rings (SSSR count). The molecule has 0 spiro atoms. The molecule has 1 saturated carbocycles.